The van der Waals surface area contributed by atoms with Gasteiger partial charge in [0.25, 0.3) is 0 Å². The van der Waals surface area contributed by atoms with Gasteiger partial charge in [-0.05, 0) is 30.7 Å². The van der Waals surface area contributed by atoms with Gasteiger partial charge in [-0.1, -0.05) is 36.0 Å². The number of hydrogen-bond acceptors (Lipinski definition) is 4. The topological polar surface area (TPSA) is 63.1 Å². The Hall–Kier alpha value is -2.40. The normalized spacial score (nSPS) is 10.7. The number of hydrogen-bond donors (Lipinski definition) is 1. The lowest BCUT2D eigenvalue weighted by Crippen LogP contribution is -1.99. The van der Waals surface area contributed by atoms with Gasteiger partial charge >= 0.3 is 5.97 Å². The molecule has 3 aromatic rings. The lowest BCUT2D eigenvalue weighted by molar-refractivity contribution is 0.0693. The number of nitrogens with zero attached hydrogens (tertiary/aromatic N) is 2. The molecular weight excluding hydrogens is 284 g/mol. The third-order valence-corrected chi connectivity index (χ3v) is 4.16. The first-order valence-corrected chi connectivity index (χ1v) is 7.18. The van der Waals surface area contributed by atoms with E-state index in [-0.39, 0.29) is 5.56 Å². The van der Waals surface area contributed by atoms with E-state index in [1.165, 1.54) is 18.1 Å². The fourth-order valence-corrected chi connectivity index (χ4v) is 3.16. The smallest absolute Gasteiger partial charge is 0.336 e. The zero-order valence-electron chi connectivity index (χ0n) is 11.3. The molecule has 1 aromatic heterocycles. The maximum absolute atomic E-state index is 11.3. The van der Waals surface area contributed by atoms with Crippen LogP contribution in [0.4, 0.5) is 0 Å². The summed E-state index contributed by atoms with van der Waals surface area (Å²) in [6.45, 7) is 1.94. The lowest BCUT2D eigenvalue weighted by atomic mass is 10.1. The maximum Gasteiger partial charge on any atom is 0.336 e. The van der Waals surface area contributed by atoms with Gasteiger partial charge < -0.3 is 5.11 Å². The van der Waals surface area contributed by atoms with Gasteiger partial charge in [-0.15, -0.1) is 0 Å². The number of para-hydroxylation sites is 1. The average Bonchev–Trinajstić information content (AvgIpc) is 2.47. The van der Waals surface area contributed by atoms with E-state index in [0.29, 0.717) is 4.90 Å². The number of carbonyl (C=O) groups is 1. The third kappa shape index (κ3) is 2.73. The van der Waals surface area contributed by atoms with Crippen LogP contribution in [0.25, 0.3) is 10.9 Å². The highest BCUT2D eigenvalue weighted by Gasteiger charge is 2.13. The van der Waals surface area contributed by atoms with E-state index in [4.69, 9.17) is 0 Å². The molecule has 0 amide bonds. The second kappa shape index (κ2) is 5.54. The predicted octanol–water partition coefficient (Wildman–Crippen LogP) is 3.79. The summed E-state index contributed by atoms with van der Waals surface area (Å²) >= 11 is 1.35. The van der Waals surface area contributed by atoms with Crippen molar-refractivity contribution in [1.82, 2.24) is 9.97 Å². The summed E-state index contributed by atoms with van der Waals surface area (Å²) in [5.41, 5.74) is 2.15. The standard InChI is InChI=1S/C16H12N2O2S/c1-10-6-7-12(16(19)20)14(8-10)21-15-11-4-2-3-5-13(11)17-9-18-15/h2-9H,1H3,(H,19,20). The van der Waals surface area contributed by atoms with Crippen LogP contribution in [0.3, 0.4) is 0 Å². The minimum Gasteiger partial charge on any atom is -0.478 e. The van der Waals surface area contributed by atoms with E-state index in [2.05, 4.69) is 9.97 Å². The Kier molecular flexibility index (Phi) is 3.58. The number of aromatic nitrogens is 2. The fraction of sp³-hybridized carbons (Fsp3) is 0.0625. The number of carboxylic acids is 1. The highest BCUT2D eigenvalue weighted by atomic mass is 32.2. The molecule has 0 atom stereocenters. The lowest BCUT2D eigenvalue weighted by Gasteiger charge is -2.08. The minimum absolute atomic E-state index is 0.285. The van der Waals surface area contributed by atoms with Crippen LogP contribution in [0.2, 0.25) is 0 Å². The molecule has 0 saturated carbocycles. The van der Waals surface area contributed by atoms with Crippen molar-refractivity contribution < 1.29 is 9.90 Å². The average molecular weight is 296 g/mol. The van der Waals surface area contributed by atoms with E-state index in [1.807, 2.05) is 37.3 Å². The van der Waals surface area contributed by atoms with Crippen molar-refractivity contribution in [3.8, 4) is 0 Å². The van der Waals surface area contributed by atoms with Crippen LogP contribution in [0.5, 0.6) is 0 Å². The minimum atomic E-state index is -0.934. The molecule has 0 unspecified atom stereocenters. The van der Waals surface area contributed by atoms with Crippen molar-refractivity contribution in [2.45, 2.75) is 16.8 Å². The molecular formula is C16H12N2O2S. The van der Waals surface area contributed by atoms with Crippen LogP contribution in [0.15, 0.2) is 58.7 Å². The van der Waals surface area contributed by atoms with E-state index in [1.54, 1.807) is 12.1 Å². The first kappa shape index (κ1) is 13.6. The Labute approximate surface area is 125 Å². The molecule has 0 radical (unpaired) electrons. The summed E-state index contributed by atoms with van der Waals surface area (Å²) in [7, 11) is 0. The van der Waals surface area contributed by atoms with Crippen LogP contribution >= 0.6 is 11.8 Å². The molecule has 1 N–H and O–H groups in total. The van der Waals surface area contributed by atoms with Gasteiger partial charge in [0.1, 0.15) is 11.4 Å². The van der Waals surface area contributed by atoms with Gasteiger partial charge in [-0.25, -0.2) is 14.8 Å². The van der Waals surface area contributed by atoms with Crippen LogP contribution in [0, 0.1) is 6.92 Å². The fourth-order valence-electron chi connectivity index (χ4n) is 2.06. The molecule has 0 bridgehead atoms. The van der Waals surface area contributed by atoms with E-state index < -0.39 is 5.97 Å². The summed E-state index contributed by atoms with van der Waals surface area (Å²) in [6, 6.07) is 13.0. The van der Waals surface area contributed by atoms with Crippen molar-refractivity contribution in [3.05, 3.63) is 59.9 Å². The van der Waals surface area contributed by atoms with Crippen molar-refractivity contribution in [1.29, 1.82) is 0 Å². The number of rotatable bonds is 3. The molecule has 0 aliphatic carbocycles. The van der Waals surface area contributed by atoms with Gasteiger partial charge in [0.2, 0.25) is 0 Å². The van der Waals surface area contributed by atoms with Crippen molar-refractivity contribution in [3.63, 3.8) is 0 Å². The zero-order valence-corrected chi connectivity index (χ0v) is 12.1. The summed E-state index contributed by atoms with van der Waals surface area (Å²) in [5, 5.41) is 11.0. The van der Waals surface area contributed by atoms with E-state index in [9.17, 15) is 9.90 Å². The number of fused-ring (bicyclic) bond motifs is 1. The Morgan fingerprint density at radius 2 is 1.95 bits per heavy atom. The molecule has 21 heavy (non-hydrogen) atoms. The summed E-state index contributed by atoms with van der Waals surface area (Å²) in [4.78, 5) is 20.5. The molecule has 104 valence electrons. The van der Waals surface area contributed by atoms with Gasteiger partial charge in [0.15, 0.2) is 0 Å². The van der Waals surface area contributed by atoms with Crippen LogP contribution in [-0.4, -0.2) is 21.0 Å². The van der Waals surface area contributed by atoms with Gasteiger partial charge in [-0.3, -0.25) is 0 Å². The van der Waals surface area contributed by atoms with E-state index >= 15 is 0 Å². The molecule has 4 nitrogen and oxygen atoms in total. The molecule has 0 aliphatic rings. The largest absolute Gasteiger partial charge is 0.478 e. The highest BCUT2D eigenvalue weighted by molar-refractivity contribution is 7.99. The first-order chi connectivity index (χ1) is 10.1. The third-order valence-electron chi connectivity index (χ3n) is 3.08. The van der Waals surface area contributed by atoms with Gasteiger partial charge in [-0.2, -0.15) is 0 Å². The molecule has 0 saturated heterocycles. The molecule has 1 heterocycles. The molecule has 3 rings (SSSR count). The Bertz CT molecular complexity index is 828. The molecule has 0 fully saturated rings. The SMILES string of the molecule is Cc1ccc(C(=O)O)c(Sc2ncnc3ccccc23)c1. The van der Waals surface area contributed by atoms with Gasteiger partial charge in [0, 0.05) is 10.3 Å². The summed E-state index contributed by atoms with van der Waals surface area (Å²) < 4.78 is 0. The van der Waals surface area contributed by atoms with Crippen LogP contribution in [-0.2, 0) is 0 Å². The first-order valence-electron chi connectivity index (χ1n) is 6.36. The van der Waals surface area contributed by atoms with Gasteiger partial charge in [0.05, 0.1) is 11.1 Å². The van der Waals surface area contributed by atoms with Crippen molar-refractivity contribution in [2.75, 3.05) is 0 Å². The second-order valence-corrected chi connectivity index (χ2v) is 5.63. The van der Waals surface area contributed by atoms with Crippen molar-refractivity contribution >= 4 is 28.6 Å². The van der Waals surface area contributed by atoms with E-state index in [0.717, 1.165) is 21.5 Å². The Morgan fingerprint density at radius 1 is 1.14 bits per heavy atom. The summed E-state index contributed by atoms with van der Waals surface area (Å²) in [6.07, 6.45) is 1.50. The summed E-state index contributed by atoms with van der Waals surface area (Å²) in [5.74, 6) is -0.934. The number of aromatic carboxylic acids is 1. The predicted molar refractivity (Wildman–Crippen MR) is 81.8 cm³/mol. The number of carboxylic acid groups (broad SMARTS) is 1. The van der Waals surface area contributed by atoms with Crippen LogP contribution < -0.4 is 0 Å². The number of aryl methyl sites for hydroxylation is 1. The van der Waals surface area contributed by atoms with Crippen LogP contribution in [0.1, 0.15) is 15.9 Å². The Morgan fingerprint density at radius 3 is 2.76 bits per heavy atom. The maximum atomic E-state index is 11.3. The number of benzene rings is 2. The molecule has 5 heteroatoms. The monoisotopic (exact) mass is 296 g/mol. The zero-order chi connectivity index (χ0) is 14.8. The molecule has 0 spiro atoms. The molecule has 0 aliphatic heterocycles. The Balaban J connectivity index is 2.11. The van der Waals surface area contributed by atoms with Crippen molar-refractivity contribution in [2.24, 2.45) is 0 Å². The highest BCUT2D eigenvalue weighted by Crippen LogP contribution is 2.33. The quantitative estimate of drug-likeness (QED) is 0.745. The second-order valence-electron chi connectivity index (χ2n) is 4.60. The molecule has 2 aromatic carbocycles.